The van der Waals surface area contributed by atoms with Gasteiger partial charge in [-0.1, -0.05) is 113 Å². The molecule has 0 aliphatic heterocycles. The Hall–Kier alpha value is -6.72. The largest absolute Gasteiger partial charge is 0.311 e. The van der Waals surface area contributed by atoms with Crippen LogP contribution < -0.4 is 14.9 Å². The Balaban J connectivity index is 1.15. The summed E-state index contributed by atoms with van der Waals surface area (Å²) in [5.41, 5.74) is 14.1. The van der Waals surface area contributed by atoms with Crippen LogP contribution in [-0.4, -0.2) is 12.4 Å². The molecule has 7 aromatic carbocycles. The maximum atomic E-state index is 4.95. The molecule has 0 bridgehead atoms. The number of hydrogen-bond donors (Lipinski definition) is 0. The van der Waals surface area contributed by atoms with Crippen molar-refractivity contribution in [3.05, 3.63) is 209 Å². The first-order chi connectivity index (χ1) is 25.9. The Morgan fingerprint density at radius 1 is 0.302 bits per heavy atom. The van der Waals surface area contributed by atoms with E-state index in [0.29, 0.717) is 0 Å². The fraction of sp³-hybridized carbons (Fsp3) is 0.0833. The van der Waals surface area contributed by atoms with Crippen molar-refractivity contribution in [2.75, 3.05) is 14.9 Å². The van der Waals surface area contributed by atoms with Gasteiger partial charge in [0.25, 0.3) is 0 Å². The van der Waals surface area contributed by atoms with Crippen LogP contribution in [0.2, 0.25) is 0 Å². The van der Waals surface area contributed by atoms with Crippen LogP contribution in [0.25, 0.3) is 0 Å². The third-order valence-corrected chi connectivity index (χ3v) is 9.08. The monoisotopic (exact) mass is 689 g/mol. The van der Waals surface area contributed by atoms with Gasteiger partial charge in [-0.2, -0.15) is 10.2 Å². The quantitative estimate of drug-likeness (QED) is 0.100. The Kier molecular flexibility index (Phi) is 10.5. The first-order valence-electron chi connectivity index (χ1n) is 17.9. The van der Waals surface area contributed by atoms with E-state index in [2.05, 4.69) is 202 Å². The summed E-state index contributed by atoms with van der Waals surface area (Å²) in [5, 5.41) is 13.9. The molecule has 0 unspecified atom stereocenters. The maximum absolute atomic E-state index is 4.95. The predicted molar refractivity (Wildman–Crippen MR) is 225 cm³/mol. The molecular formula is C48H43N5. The van der Waals surface area contributed by atoms with Crippen molar-refractivity contribution < 1.29 is 0 Å². The zero-order valence-electron chi connectivity index (χ0n) is 30.6. The van der Waals surface area contributed by atoms with Gasteiger partial charge in [-0.05, 0) is 124 Å². The minimum atomic E-state index is 1.00. The van der Waals surface area contributed by atoms with Gasteiger partial charge in [-0.3, -0.25) is 0 Å². The van der Waals surface area contributed by atoms with Gasteiger partial charge < -0.3 is 4.90 Å². The van der Waals surface area contributed by atoms with Crippen molar-refractivity contribution >= 4 is 52.2 Å². The second-order valence-corrected chi connectivity index (χ2v) is 13.3. The Morgan fingerprint density at radius 3 is 0.868 bits per heavy atom. The van der Waals surface area contributed by atoms with Crippen LogP contribution in [0.3, 0.4) is 0 Å². The third-order valence-electron chi connectivity index (χ3n) is 9.08. The molecule has 0 heterocycles. The first-order valence-corrected chi connectivity index (χ1v) is 17.9. The molecule has 0 saturated heterocycles. The molecule has 0 atom stereocenters. The molecule has 0 aromatic heterocycles. The molecule has 53 heavy (non-hydrogen) atoms. The van der Waals surface area contributed by atoms with E-state index in [4.69, 9.17) is 10.2 Å². The highest BCUT2D eigenvalue weighted by atomic mass is 15.5. The van der Waals surface area contributed by atoms with Crippen molar-refractivity contribution in [3.8, 4) is 0 Å². The maximum Gasteiger partial charge on any atom is 0.0652 e. The zero-order chi connectivity index (χ0) is 36.6. The van der Waals surface area contributed by atoms with E-state index in [0.717, 1.165) is 50.9 Å². The molecular weight excluding hydrogens is 647 g/mol. The number of nitrogens with zero attached hydrogens (tertiary/aromatic N) is 5. The standard InChI is InChI=1S/C48H43N5/c1-36-10-22-45(23-11-36)52(46-24-12-37(2)13-25-46)49-34-40-18-30-43(31-19-40)51(42-8-6-5-7-9-42)44-32-20-41(21-33-44)35-50-53(47-26-14-38(3)15-27-47)48-28-16-39(4)17-29-48/h5-35H,1-4H3. The van der Waals surface area contributed by atoms with Gasteiger partial charge >= 0.3 is 0 Å². The van der Waals surface area contributed by atoms with E-state index in [9.17, 15) is 0 Å². The number of hydrazone groups is 2. The molecule has 5 heteroatoms. The van der Waals surface area contributed by atoms with Crippen molar-refractivity contribution in [3.63, 3.8) is 0 Å². The Morgan fingerprint density at radius 2 is 0.566 bits per heavy atom. The molecule has 0 amide bonds. The lowest BCUT2D eigenvalue weighted by molar-refractivity contribution is 1.09. The summed E-state index contributed by atoms with van der Waals surface area (Å²) >= 11 is 0. The number of hydrogen-bond acceptors (Lipinski definition) is 5. The van der Waals surface area contributed by atoms with Gasteiger partial charge in [0.15, 0.2) is 0 Å². The number of aryl methyl sites for hydroxylation is 4. The average molecular weight is 690 g/mol. The van der Waals surface area contributed by atoms with Crippen LogP contribution >= 0.6 is 0 Å². The molecule has 0 radical (unpaired) electrons. The number of para-hydroxylation sites is 1. The lowest BCUT2D eigenvalue weighted by Crippen LogP contribution is -2.11. The van der Waals surface area contributed by atoms with Crippen molar-refractivity contribution in [2.24, 2.45) is 10.2 Å². The fourth-order valence-electron chi connectivity index (χ4n) is 6.00. The van der Waals surface area contributed by atoms with E-state index >= 15 is 0 Å². The number of benzene rings is 7. The molecule has 0 N–H and O–H groups in total. The Bertz CT molecular complexity index is 2040. The molecule has 0 aliphatic rings. The molecule has 5 nitrogen and oxygen atoms in total. The number of anilines is 7. The van der Waals surface area contributed by atoms with Crippen LogP contribution in [0.4, 0.5) is 39.8 Å². The fourth-order valence-corrected chi connectivity index (χ4v) is 6.00. The minimum Gasteiger partial charge on any atom is -0.311 e. The summed E-state index contributed by atoms with van der Waals surface area (Å²) in [5.74, 6) is 0. The Labute approximate surface area is 313 Å². The summed E-state index contributed by atoms with van der Waals surface area (Å²) in [6.07, 6.45) is 3.84. The van der Waals surface area contributed by atoms with Crippen LogP contribution in [0.15, 0.2) is 186 Å². The minimum absolute atomic E-state index is 1.00. The summed E-state index contributed by atoms with van der Waals surface area (Å²) in [4.78, 5) is 2.26. The van der Waals surface area contributed by atoms with Gasteiger partial charge in [0.1, 0.15) is 0 Å². The van der Waals surface area contributed by atoms with E-state index in [1.54, 1.807) is 0 Å². The smallest absolute Gasteiger partial charge is 0.0652 e. The second kappa shape index (κ2) is 16.1. The lowest BCUT2D eigenvalue weighted by atomic mass is 10.1. The summed E-state index contributed by atoms with van der Waals surface area (Å²) in [7, 11) is 0. The van der Waals surface area contributed by atoms with E-state index < -0.39 is 0 Å². The summed E-state index contributed by atoms with van der Waals surface area (Å²) in [6.45, 7) is 8.39. The van der Waals surface area contributed by atoms with Crippen molar-refractivity contribution in [1.29, 1.82) is 0 Å². The molecule has 260 valence electrons. The molecule has 0 fully saturated rings. The SMILES string of the molecule is Cc1ccc(N(N=Cc2ccc(N(c3ccccc3)c3ccc(C=NN(c4ccc(C)cc4)c4ccc(C)cc4)cc3)cc2)c2ccc(C)cc2)cc1. The van der Waals surface area contributed by atoms with E-state index in [-0.39, 0.29) is 0 Å². The van der Waals surface area contributed by atoms with Crippen LogP contribution in [0.1, 0.15) is 33.4 Å². The average Bonchev–Trinajstić information content (AvgIpc) is 3.19. The highest BCUT2D eigenvalue weighted by Gasteiger charge is 2.13. The highest BCUT2D eigenvalue weighted by molar-refractivity contribution is 5.86. The van der Waals surface area contributed by atoms with Gasteiger partial charge in [-0.25, -0.2) is 10.0 Å². The zero-order valence-corrected chi connectivity index (χ0v) is 30.6. The van der Waals surface area contributed by atoms with Gasteiger partial charge in [-0.15, -0.1) is 0 Å². The van der Waals surface area contributed by atoms with Crippen molar-refractivity contribution in [1.82, 2.24) is 0 Å². The van der Waals surface area contributed by atoms with Crippen molar-refractivity contribution in [2.45, 2.75) is 27.7 Å². The van der Waals surface area contributed by atoms with Crippen LogP contribution in [-0.2, 0) is 0 Å². The van der Waals surface area contributed by atoms with E-state index in [1.807, 2.05) is 28.5 Å². The lowest BCUT2D eigenvalue weighted by Gasteiger charge is -2.25. The summed E-state index contributed by atoms with van der Waals surface area (Å²) in [6, 6.07) is 61.3. The third kappa shape index (κ3) is 8.61. The molecule has 7 rings (SSSR count). The second-order valence-electron chi connectivity index (χ2n) is 13.3. The van der Waals surface area contributed by atoms with E-state index in [1.165, 1.54) is 22.3 Å². The molecule has 0 spiro atoms. The summed E-state index contributed by atoms with van der Waals surface area (Å²) < 4.78 is 0. The molecule has 7 aromatic rings. The van der Waals surface area contributed by atoms with Crippen LogP contribution in [0.5, 0.6) is 0 Å². The number of rotatable bonds is 11. The highest BCUT2D eigenvalue weighted by Crippen LogP contribution is 2.35. The predicted octanol–water partition coefficient (Wildman–Crippen LogP) is 12.7. The van der Waals surface area contributed by atoms with Gasteiger partial charge in [0, 0.05) is 17.1 Å². The first kappa shape index (κ1) is 34.7. The van der Waals surface area contributed by atoms with Gasteiger partial charge in [0.2, 0.25) is 0 Å². The molecule has 0 aliphatic carbocycles. The topological polar surface area (TPSA) is 34.4 Å². The normalized spacial score (nSPS) is 11.2. The molecule has 0 saturated carbocycles. The van der Waals surface area contributed by atoms with Gasteiger partial charge in [0.05, 0.1) is 35.2 Å². The van der Waals surface area contributed by atoms with Crippen LogP contribution in [0, 0.1) is 27.7 Å².